The Hall–Kier alpha value is 0.290. The fourth-order valence-corrected chi connectivity index (χ4v) is 2.61. The van der Waals surface area contributed by atoms with Crippen LogP contribution in [0.4, 0.5) is 0 Å². The molecule has 2 atom stereocenters. The molecule has 6 heteroatoms. The van der Waals surface area contributed by atoms with Gasteiger partial charge in [0.25, 0.3) is 0 Å². The van der Waals surface area contributed by atoms with Gasteiger partial charge in [-0.05, 0) is 47.7 Å². The molecule has 0 saturated heterocycles. The van der Waals surface area contributed by atoms with Gasteiger partial charge in [0.05, 0.1) is 18.8 Å². The summed E-state index contributed by atoms with van der Waals surface area (Å²) in [4.78, 5) is 4.41. The van der Waals surface area contributed by atoms with Crippen LogP contribution >= 0.6 is 28.5 Å². The summed E-state index contributed by atoms with van der Waals surface area (Å²) < 4.78 is 7.36. The molecule has 0 radical (unpaired) electrons. The van der Waals surface area contributed by atoms with Crippen molar-refractivity contribution in [1.82, 2.24) is 9.55 Å². The van der Waals surface area contributed by atoms with Crippen molar-refractivity contribution in [1.29, 1.82) is 0 Å². The van der Waals surface area contributed by atoms with E-state index in [0.29, 0.717) is 19.0 Å². The third-order valence-electron chi connectivity index (χ3n) is 2.75. The van der Waals surface area contributed by atoms with E-state index in [1.807, 2.05) is 17.7 Å². The van der Waals surface area contributed by atoms with Crippen LogP contribution in [0.15, 0.2) is 6.20 Å². The molecule has 4 nitrogen and oxygen atoms in total. The first-order chi connectivity index (χ1) is 7.72. The van der Waals surface area contributed by atoms with Crippen LogP contribution in [0.1, 0.15) is 30.5 Å². The predicted molar refractivity (Wildman–Crippen MR) is 72.9 cm³/mol. The van der Waals surface area contributed by atoms with E-state index < -0.39 is 6.10 Å². The zero-order valence-corrected chi connectivity index (χ0v) is 12.3. The summed E-state index contributed by atoms with van der Waals surface area (Å²) in [5.41, 5.74) is 0.964. The molecule has 1 aliphatic rings. The molecule has 16 heavy (non-hydrogen) atoms. The molecule has 2 unspecified atom stereocenters. The normalized spacial score (nSPS) is 18.4. The minimum absolute atomic E-state index is 0.393. The second-order valence-electron chi connectivity index (χ2n) is 4.14. The van der Waals surface area contributed by atoms with Gasteiger partial charge >= 0.3 is 0 Å². The molecular formula is C10H16IN2O2P. The van der Waals surface area contributed by atoms with Crippen molar-refractivity contribution in [2.45, 2.75) is 32.4 Å². The maximum Gasteiger partial charge on any atom is 0.138 e. The molecule has 1 heterocycles. The van der Waals surface area contributed by atoms with E-state index in [2.05, 4.69) is 27.0 Å². The Morgan fingerprint density at radius 2 is 2.50 bits per heavy atom. The highest BCUT2D eigenvalue weighted by Gasteiger charge is 2.33. The monoisotopic (exact) mass is 354 g/mol. The number of aliphatic hydroxyl groups excluding tert-OH is 1. The lowest BCUT2D eigenvalue weighted by molar-refractivity contribution is 0.138. The number of aliphatic hydroxyl groups is 1. The number of halogens is 1. The van der Waals surface area contributed by atoms with E-state index in [0.717, 1.165) is 30.9 Å². The minimum Gasteiger partial charge on any atom is -0.385 e. The number of nitrogens with zero attached hydrogens (tertiary/aromatic N) is 2. The van der Waals surface area contributed by atoms with Gasteiger partial charge in [-0.3, -0.25) is 0 Å². The third-order valence-corrected chi connectivity index (χ3v) is 4.00. The van der Waals surface area contributed by atoms with Crippen LogP contribution < -0.4 is 0 Å². The van der Waals surface area contributed by atoms with Crippen molar-refractivity contribution in [2.75, 3.05) is 6.61 Å². The van der Waals surface area contributed by atoms with Gasteiger partial charge in [-0.2, -0.15) is 0 Å². The van der Waals surface area contributed by atoms with E-state index in [1.165, 1.54) is 0 Å². The Morgan fingerprint density at radius 1 is 1.75 bits per heavy atom. The number of aromatic nitrogens is 2. The first-order valence-corrected chi connectivity index (χ1v) is 9.43. The van der Waals surface area contributed by atoms with E-state index in [-0.39, 0.29) is 0 Å². The number of hydrogen-bond donors (Lipinski definition) is 1. The van der Waals surface area contributed by atoms with E-state index in [1.54, 1.807) is 0 Å². The van der Waals surface area contributed by atoms with Crippen LogP contribution in [0.25, 0.3) is 0 Å². The van der Waals surface area contributed by atoms with E-state index in [4.69, 9.17) is 4.52 Å². The van der Waals surface area contributed by atoms with Crippen molar-refractivity contribution >= 4 is 28.5 Å². The van der Waals surface area contributed by atoms with Crippen molar-refractivity contribution in [3.63, 3.8) is 0 Å². The largest absolute Gasteiger partial charge is 0.385 e. The summed E-state index contributed by atoms with van der Waals surface area (Å²) in [5.74, 6) is 1.23. The van der Waals surface area contributed by atoms with Gasteiger partial charge in [0.2, 0.25) is 0 Å². The molecule has 2 rings (SSSR count). The van der Waals surface area contributed by atoms with Crippen LogP contribution in [0, 0.1) is 12.8 Å². The van der Waals surface area contributed by atoms with Crippen LogP contribution in [-0.2, 0) is 11.1 Å². The molecular weight excluding hydrogens is 338 g/mol. The number of imidazole rings is 1. The maximum atomic E-state index is 10.1. The minimum atomic E-state index is -0.393. The highest BCUT2D eigenvalue weighted by atomic mass is 127. The summed E-state index contributed by atoms with van der Waals surface area (Å²) in [6.07, 6.45) is 3.84. The van der Waals surface area contributed by atoms with E-state index in [9.17, 15) is 5.11 Å². The Labute approximate surface area is 110 Å². The van der Waals surface area contributed by atoms with Crippen LogP contribution in [0.5, 0.6) is 0 Å². The second-order valence-corrected chi connectivity index (χ2v) is 5.91. The second kappa shape index (κ2) is 5.76. The summed E-state index contributed by atoms with van der Waals surface area (Å²) in [7, 11) is 0. The molecule has 1 fully saturated rings. The molecule has 0 aliphatic heterocycles. The Kier molecular flexibility index (Phi) is 4.58. The third kappa shape index (κ3) is 3.15. The maximum absolute atomic E-state index is 10.1. The number of hydrogen-bond acceptors (Lipinski definition) is 3. The zero-order valence-electron chi connectivity index (χ0n) is 9.19. The first kappa shape index (κ1) is 12.7. The SMILES string of the molecule is Cc1cn(CCOPI)c(C(O)C2CC2)n1. The van der Waals surface area contributed by atoms with Crippen molar-refractivity contribution in [3.8, 4) is 0 Å². The summed E-state index contributed by atoms with van der Waals surface area (Å²) >= 11 is 2.21. The van der Waals surface area contributed by atoms with Crippen molar-refractivity contribution in [3.05, 3.63) is 17.7 Å². The van der Waals surface area contributed by atoms with E-state index >= 15 is 0 Å². The smallest absolute Gasteiger partial charge is 0.138 e. The summed E-state index contributed by atoms with van der Waals surface area (Å²) in [6.45, 7) is 3.90. The lowest BCUT2D eigenvalue weighted by Gasteiger charge is -2.12. The van der Waals surface area contributed by atoms with Crippen LogP contribution in [0.2, 0.25) is 0 Å². The Morgan fingerprint density at radius 3 is 3.12 bits per heavy atom. The van der Waals surface area contributed by atoms with Crippen LogP contribution in [0.3, 0.4) is 0 Å². The molecule has 90 valence electrons. The van der Waals surface area contributed by atoms with Gasteiger partial charge in [-0.25, -0.2) is 4.98 Å². The first-order valence-electron chi connectivity index (χ1n) is 5.41. The lowest BCUT2D eigenvalue weighted by atomic mass is 10.2. The molecule has 0 aromatic carbocycles. The molecule has 0 amide bonds. The molecule has 1 aromatic rings. The number of rotatable bonds is 6. The van der Waals surface area contributed by atoms with Gasteiger partial charge in [0, 0.05) is 12.7 Å². The molecule has 1 aromatic heterocycles. The molecule has 0 bridgehead atoms. The molecule has 0 spiro atoms. The highest BCUT2D eigenvalue weighted by molar-refractivity contribution is 14.2. The van der Waals surface area contributed by atoms with Crippen molar-refractivity contribution < 1.29 is 9.63 Å². The lowest BCUT2D eigenvalue weighted by Crippen LogP contribution is -2.12. The standard InChI is InChI=1S/C10H16IN2O2P/c1-7-6-13(4-5-15-16-11)10(12-7)9(14)8-2-3-8/h6,8-9,14,16H,2-5H2,1H3. The van der Waals surface area contributed by atoms with Gasteiger partial charge in [0.15, 0.2) is 0 Å². The van der Waals surface area contributed by atoms with Gasteiger partial charge in [-0.15, -0.1) is 0 Å². The molecule has 1 N–H and O–H groups in total. The van der Waals surface area contributed by atoms with Gasteiger partial charge < -0.3 is 14.2 Å². The fraction of sp³-hybridized carbons (Fsp3) is 0.700. The average molecular weight is 354 g/mol. The topological polar surface area (TPSA) is 47.3 Å². The summed E-state index contributed by atoms with van der Waals surface area (Å²) in [5, 5.41) is 10.1. The van der Waals surface area contributed by atoms with Gasteiger partial charge in [0.1, 0.15) is 11.9 Å². The van der Waals surface area contributed by atoms with Gasteiger partial charge in [-0.1, -0.05) is 0 Å². The summed E-state index contributed by atoms with van der Waals surface area (Å²) in [6, 6.07) is 0. The Bertz CT molecular complexity index is 355. The Balaban J connectivity index is 2.03. The zero-order chi connectivity index (χ0) is 11.5. The predicted octanol–water partition coefficient (Wildman–Crippen LogP) is 2.60. The quantitative estimate of drug-likeness (QED) is 0.485. The average Bonchev–Trinajstić information content (AvgIpc) is 3.03. The van der Waals surface area contributed by atoms with Crippen molar-refractivity contribution in [2.24, 2.45) is 5.92 Å². The fourth-order valence-electron chi connectivity index (χ4n) is 1.79. The highest BCUT2D eigenvalue weighted by Crippen LogP contribution is 2.40. The molecule has 1 saturated carbocycles. The van der Waals surface area contributed by atoms with Crippen LogP contribution in [-0.4, -0.2) is 21.3 Å². The molecule has 1 aliphatic carbocycles. The number of aryl methyl sites for hydroxylation is 1.